The van der Waals surface area contributed by atoms with Crippen LogP contribution in [-0.4, -0.2) is 24.0 Å². The van der Waals surface area contributed by atoms with E-state index in [-0.39, 0.29) is 17.8 Å². The van der Waals surface area contributed by atoms with E-state index in [4.69, 9.17) is 5.73 Å². The summed E-state index contributed by atoms with van der Waals surface area (Å²) in [5, 5.41) is 0. The molecular formula is C16H27ClN2. The second-order valence-corrected chi connectivity index (χ2v) is 6.44. The van der Waals surface area contributed by atoms with Gasteiger partial charge in [0, 0.05) is 25.2 Å². The molecule has 1 heterocycles. The summed E-state index contributed by atoms with van der Waals surface area (Å²) in [6.07, 6.45) is 1.10. The highest BCUT2D eigenvalue weighted by Gasteiger charge is 2.35. The van der Waals surface area contributed by atoms with Gasteiger partial charge in [-0.05, 0) is 31.2 Å². The van der Waals surface area contributed by atoms with Gasteiger partial charge in [-0.1, -0.05) is 43.7 Å². The van der Waals surface area contributed by atoms with Gasteiger partial charge in [0.1, 0.15) is 0 Å². The Morgan fingerprint density at radius 3 is 2.63 bits per heavy atom. The summed E-state index contributed by atoms with van der Waals surface area (Å²) in [4.78, 5) is 2.57. The molecule has 108 valence electrons. The Balaban J connectivity index is 0.00000180. The maximum atomic E-state index is 6.21. The fraction of sp³-hybridized carbons (Fsp3) is 0.625. The third kappa shape index (κ3) is 3.71. The molecule has 0 saturated carbocycles. The van der Waals surface area contributed by atoms with Crippen molar-refractivity contribution in [3.63, 3.8) is 0 Å². The van der Waals surface area contributed by atoms with Gasteiger partial charge in [0.25, 0.3) is 0 Å². The second-order valence-electron chi connectivity index (χ2n) is 6.44. The average molecular weight is 283 g/mol. The minimum absolute atomic E-state index is 0. The first kappa shape index (κ1) is 16.5. The zero-order valence-electron chi connectivity index (χ0n) is 12.5. The van der Waals surface area contributed by atoms with Crippen molar-refractivity contribution in [2.45, 2.75) is 46.2 Å². The molecule has 0 spiro atoms. The number of aryl methyl sites for hydroxylation is 1. The van der Waals surface area contributed by atoms with E-state index in [1.165, 1.54) is 11.1 Å². The van der Waals surface area contributed by atoms with Crippen LogP contribution in [0.15, 0.2) is 24.3 Å². The molecule has 1 fully saturated rings. The summed E-state index contributed by atoms with van der Waals surface area (Å²) in [5.74, 6) is 0. The number of halogens is 1. The fourth-order valence-electron chi connectivity index (χ4n) is 2.89. The molecule has 2 unspecified atom stereocenters. The molecule has 1 aromatic carbocycles. The van der Waals surface area contributed by atoms with E-state index in [0.717, 1.165) is 19.5 Å². The molecular weight excluding hydrogens is 256 g/mol. The van der Waals surface area contributed by atoms with E-state index < -0.39 is 0 Å². The maximum absolute atomic E-state index is 6.21. The molecule has 0 aromatic heterocycles. The molecule has 2 nitrogen and oxygen atoms in total. The van der Waals surface area contributed by atoms with Crippen molar-refractivity contribution in [1.82, 2.24) is 4.90 Å². The lowest BCUT2D eigenvalue weighted by atomic mass is 9.79. The highest BCUT2D eigenvalue weighted by Crippen LogP contribution is 2.32. The molecule has 0 radical (unpaired) electrons. The van der Waals surface area contributed by atoms with Crippen molar-refractivity contribution in [3.05, 3.63) is 35.4 Å². The molecule has 1 aromatic rings. The van der Waals surface area contributed by atoms with Crippen LogP contribution in [0.25, 0.3) is 0 Å². The van der Waals surface area contributed by atoms with Crippen molar-refractivity contribution in [2.24, 2.45) is 11.1 Å². The van der Waals surface area contributed by atoms with Crippen molar-refractivity contribution >= 4 is 12.4 Å². The van der Waals surface area contributed by atoms with Gasteiger partial charge in [-0.25, -0.2) is 0 Å². The minimum atomic E-state index is 0. The number of benzene rings is 1. The van der Waals surface area contributed by atoms with Crippen molar-refractivity contribution in [3.8, 4) is 0 Å². The van der Waals surface area contributed by atoms with Crippen LogP contribution in [0.5, 0.6) is 0 Å². The topological polar surface area (TPSA) is 29.3 Å². The first-order valence-corrected chi connectivity index (χ1v) is 6.96. The predicted octanol–water partition coefficient (Wildman–Crippen LogP) is 3.54. The molecule has 1 aliphatic heterocycles. The number of nitrogens with zero attached hydrogens (tertiary/aromatic N) is 1. The standard InChI is InChI=1S/C16H26N2.ClH/c1-12-6-5-7-14(10-12)13(2)18-9-8-15(17)16(3,4)11-18;/h5-7,10,13,15H,8-9,11,17H2,1-4H3;1H. The van der Waals surface area contributed by atoms with E-state index >= 15 is 0 Å². The normalized spacial score (nSPS) is 24.6. The van der Waals surface area contributed by atoms with E-state index in [0.29, 0.717) is 12.1 Å². The monoisotopic (exact) mass is 282 g/mol. The van der Waals surface area contributed by atoms with E-state index in [1.807, 2.05) is 0 Å². The van der Waals surface area contributed by atoms with Crippen LogP contribution in [0.4, 0.5) is 0 Å². The van der Waals surface area contributed by atoms with Crippen LogP contribution in [0.1, 0.15) is 44.4 Å². The summed E-state index contributed by atoms with van der Waals surface area (Å²) in [7, 11) is 0. The highest BCUT2D eigenvalue weighted by molar-refractivity contribution is 5.85. The maximum Gasteiger partial charge on any atom is 0.0320 e. The van der Waals surface area contributed by atoms with Crippen LogP contribution in [0, 0.1) is 12.3 Å². The molecule has 1 saturated heterocycles. The fourth-order valence-corrected chi connectivity index (χ4v) is 2.89. The summed E-state index contributed by atoms with van der Waals surface area (Å²) in [6.45, 7) is 11.2. The summed E-state index contributed by atoms with van der Waals surface area (Å²) in [5.41, 5.74) is 9.19. The first-order chi connectivity index (χ1) is 8.40. The number of hydrogen-bond acceptors (Lipinski definition) is 2. The lowest BCUT2D eigenvalue weighted by Gasteiger charge is -2.45. The summed E-state index contributed by atoms with van der Waals surface area (Å²) < 4.78 is 0. The Labute approximate surface area is 123 Å². The quantitative estimate of drug-likeness (QED) is 0.899. The lowest BCUT2D eigenvalue weighted by Crippen LogP contribution is -2.52. The Morgan fingerprint density at radius 1 is 1.37 bits per heavy atom. The van der Waals surface area contributed by atoms with Crippen molar-refractivity contribution in [1.29, 1.82) is 0 Å². The van der Waals surface area contributed by atoms with Crippen molar-refractivity contribution in [2.75, 3.05) is 13.1 Å². The molecule has 3 heteroatoms. The van der Waals surface area contributed by atoms with Gasteiger partial charge < -0.3 is 5.73 Å². The van der Waals surface area contributed by atoms with Gasteiger partial charge in [-0.3, -0.25) is 4.90 Å². The summed E-state index contributed by atoms with van der Waals surface area (Å²) >= 11 is 0. The zero-order chi connectivity index (χ0) is 13.3. The molecule has 19 heavy (non-hydrogen) atoms. The molecule has 2 rings (SSSR count). The molecule has 1 aliphatic rings. The van der Waals surface area contributed by atoms with E-state index in [1.54, 1.807) is 0 Å². The van der Waals surface area contributed by atoms with Crippen LogP contribution in [0.2, 0.25) is 0 Å². The number of hydrogen-bond donors (Lipinski definition) is 1. The molecule has 0 bridgehead atoms. The first-order valence-electron chi connectivity index (χ1n) is 6.96. The SMILES string of the molecule is Cc1cccc(C(C)N2CCC(N)C(C)(C)C2)c1.Cl. The lowest BCUT2D eigenvalue weighted by molar-refractivity contribution is 0.0664. The van der Waals surface area contributed by atoms with Crippen molar-refractivity contribution < 1.29 is 0 Å². The molecule has 2 N–H and O–H groups in total. The van der Waals surface area contributed by atoms with Crippen LogP contribution in [-0.2, 0) is 0 Å². The van der Waals surface area contributed by atoms with Gasteiger partial charge in [0.2, 0.25) is 0 Å². The predicted molar refractivity (Wildman–Crippen MR) is 84.8 cm³/mol. The highest BCUT2D eigenvalue weighted by atomic mass is 35.5. The van der Waals surface area contributed by atoms with Crippen LogP contribution >= 0.6 is 12.4 Å². The number of likely N-dealkylation sites (tertiary alicyclic amines) is 1. The second kappa shape index (κ2) is 6.25. The van der Waals surface area contributed by atoms with Gasteiger partial charge in [-0.15, -0.1) is 12.4 Å². The molecule has 0 amide bonds. The number of piperidine rings is 1. The molecule has 2 atom stereocenters. The third-order valence-corrected chi connectivity index (χ3v) is 4.41. The van der Waals surface area contributed by atoms with E-state index in [2.05, 4.69) is 56.9 Å². The van der Waals surface area contributed by atoms with Crippen LogP contribution < -0.4 is 5.73 Å². The zero-order valence-corrected chi connectivity index (χ0v) is 13.3. The Hall–Kier alpha value is -0.570. The third-order valence-electron chi connectivity index (χ3n) is 4.41. The minimum Gasteiger partial charge on any atom is -0.327 e. The average Bonchev–Trinajstić information content (AvgIpc) is 2.31. The number of nitrogens with two attached hydrogens (primary N) is 1. The Morgan fingerprint density at radius 2 is 2.05 bits per heavy atom. The molecule has 0 aliphatic carbocycles. The van der Waals surface area contributed by atoms with Gasteiger partial charge in [0.15, 0.2) is 0 Å². The Bertz CT molecular complexity index is 417. The van der Waals surface area contributed by atoms with E-state index in [9.17, 15) is 0 Å². The summed E-state index contributed by atoms with van der Waals surface area (Å²) in [6, 6.07) is 9.66. The van der Waals surface area contributed by atoms with Gasteiger partial charge >= 0.3 is 0 Å². The largest absolute Gasteiger partial charge is 0.327 e. The number of rotatable bonds is 2. The van der Waals surface area contributed by atoms with Gasteiger partial charge in [0.05, 0.1) is 0 Å². The van der Waals surface area contributed by atoms with Gasteiger partial charge in [-0.2, -0.15) is 0 Å². The smallest absolute Gasteiger partial charge is 0.0320 e. The Kier molecular flexibility index (Phi) is 5.43. The van der Waals surface area contributed by atoms with Crippen LogP contribution in [0.3, 0.4) is 0 Å².